The summed E-state index contributed by atoms with van der Waals surface area (Å²) in [7, 11) is 0. The third-order valence-corrected chi connectivity index (χ3v) is 3.91. The van der Waals surface area contributed by atoms with E-state index in [-0.39, 0.29) is 11.6 Å². The normalized spacial score (nSPS) is 14.1. The molecule has 0 bridgehead atoms. The molecule has 23 heavy (non-hydrogen) atoms. The lowest BCUT2D eigenvalue weighted by molar-refractivity contribution is 0.0950. The van der Waals surface area contributed by atoms with Crippen LogP contribution in [0.1, 0.15) is 40.5 Å². The SMILES string of the molecule is O=C(NCc1ccc2[nH]c(=O)[nH]c2c1)c1cnc(C2CC2)nc1. The van der Waals surface area contributed by atoms with E-state index in [0.29, 0.717) is 18.0 Å². The van der Waals surface area contributed by atoms with Gasteiger partial charge in [-0.1, -0.05) is 6.07 Å². The number of amides is 1. The molecule has 7 nitrogen and oxygen atoms in total. The number of nitrogens with zero attached hydrogens (tertiary/aromatic N) is 2. The number of benzene rings is 1. The van der Waals surface area contributed by atoms with Crippen LogP contribution in [0.5, 0.6) is 0 Å². The molecule has 2 heterocycles. The van der Waals surface area contributed by atoms with Crippen molar-refractivity contribution in [2.75, 3.05) is 0 Å². The second-order valence-corrected chi connectivity index (χ2v) is 5.75. The lowest BCUT2D eigenvalue weighted by Crippen LogP contribution is -2.23. The number of H-pyrrole nitrogens is 2. The van der Waals surface area contributed by atoms with Crippen molar-refractivity contribution >= 4 is 16.9 Å². The van der Waals surface area contributed by atoms with Gasteiger partial charge in [-0.15, -0.1) is 0 Å². The van der Waals surface area contributed by atoms with Crippen LogP contribution in [0.25, 0.3) is 11.0 Å². The van der Waals surface area contributed by atoms with E-state index < -0.39 is 0 Å². The predicted octanol–water partition coefficient (Wildman–Crippen LogP) is 1.45. The Morgan fingerprint density at radius 3 is 2.65 bits per heavy atom. The van der Waals surface area contributed by atoms with E-state index in [1.165, 1.54) is 0 Å². The highest BCUT2D eigenvalue weighted by molar-refractivity contribution is 5.93. The first-order valence-corrected chi connectivity index (χ1v) is 7.50. The van der Waals surface area contributed by atoms with E-state index in [9.17, 15) is 9.59 Å². The number of aromatic amines is 2. The third kappa shape index (κ3) is 2.85. The number of hydrogen-bond acceptors (Lipinski definition) is 4. The number of carbonyl (C=O) groups excluding carboxylic acids is 1. The van der Waals surface area contributed by atoms with Crippen LogP contribution in [0, 0.1) is 0 Å². The van der Waals surface area contributed by atoms with E-state index in [2.05, 4.69) is 25.3 Å². The Labute approximate surface area is 131 Å². The average Bonchev–Trinajstić information content (AvgIpc) is 3.34. The summed E-state index contributed by atoms with van der Waals surface area (Å²) in [5.41, 5.74) is 2.57. The minimum absolute atomic E-state index is 0.213. The van der Waals surface area contributed by atoms with Gasteiger partial charge in [-0.3, -0.25) is 4.79 Å². The molecule has 0 unspecified atom stereocenters. The van der Waals surface area contributed by atoms with Gasteiger partial charge in [0.2, 0.25) is 0 Å². The van der Waals surface area contributed by atoms with E-state index in [1.54, 1.807) is 12.4 Å². The summed E-state index contributed by atoms with van der Waals surface area (Å²) >= 11 is 0. The lowest BCUT2D eigenvalue weighted by atomic mass is 10.2. The van der Waals surface area contributed by atoms with E-state index >= 15 is 0 Å². The third-order valence-electron chi connectivity index (χ3n) is 3.91. The molecule has 7 heteroatoms. The molecule has 3 aromatic rings. The molecular formula is C16H15N5O2. The predicted molar refractivity (Wildman–Crippen MR) is 84.1 cm³/mol. The standard InChI is InChI=1S/C16H15N5O2/c22-15(11-7-17-14(18-8-11)10-2-3-10)19-6-9-1-4-12-13(5-9)21-16(23)20-12/h1,4-5,7-8,10H,2-3,6H2,(H,19,22)(H2,20,21,23). The molecule has 1 aromatic carbocycles. The van der Waals surface area contributed by atoms with Crippen molar-refractivity contribution in [1.82, 2.24) is 25.3 Å². The molecule has 0 saturated heterocycles. The van der Waals surface area contributed by atoms with Crippen LogP contribution in [0.3, 0.4) is 0 Å². The molecule has 3 N–H and O–H groups in total. The zero-order valence-corrected chi connectivity index (χ0v) is 12.3. The van der Waals surface area contributed by atoms with Crippen LogP contribution in [-0.2, 0) is 6.54 Å². The van der Waals surface area contributed by atoms with Crippen molar-refractivity contribution in [1.29, 1.82) is 0 Å². The van der Waals surface area contributed by atoms with Crippen LogP contribution in [0.4, 0.5) is 0 Å². The van der Waals surface area contributed by atoms with Gasteiger partial charge >= 0.3 is 5.69 Å². The zero-order valence-electron chi connectivity index (χ0n) is 12.3. The highest BCUT2D eigenvalue weighted by Crippen LogP contribution is 2.37. The fourth-order valence-corrected chi connectivity index (χ4v) is 2.48. The Bertz CT molecular complexity index is 922. The fourth-order valence-electron chi connectivity index (χ4n) is 2.48. The molecule has 0 atom stereocenters. The summed E-state index contributed by atoms with van der Waals surface area (Å²) < 4.78 is 0. The highest BCUT2D eigenvalue weighted by Gasteiger charge is 2.26. The maximum absolute atomic E-state index is 12.1. The molecule has 116 valence electrons. The van der Waals surface area contributed by atoms with Gasteiger partial charge in [-0.25, -0.2) is 14.8 Å². The Morgan fingerprint density at radius 1 is 1.17 bits per heavy atom. The maximum Gasteiger partial charge on any atom is 0.323 e. The van der Waals surface area contributed by atoms with Gasteiger partial charge in [0.15, 0.2) is 0 Å². The molecule has 1 amide bonds. The molecule has 1 fully saturated rings. The molecule has 1 aliphatic rings. The summed E-state index contributed by atoms with van der Waals surface area (Å²) in [5.74, 6) is 1.08. The van der Waals surface area contributed by atoms with Crippen LogP contribution < -0.4 is 11.0 Å². The summed E-state index contributed by atoms with van der Waals surface area (Å²) in [4.78, 5) is 37.2. The van der Waals surface area contributed by atoms with Crippen molar-refractivity contribution < 1.29 is 4.79 Å². The van der Waals surface area contributed by atoms with Gasteiger partial charge < -0.3 is 15.3 Å². The number of imidazole rings is 1. The first-order chi connectivity index (χ1) is 11.2. The van der Waals surface area contributed by atoms with E-state index in [1.807, 2.05) is 18.2 Å². The molecule has 0 aliphatic heterocycles. The molecule has 0 spiro atoms. The van der Waals surface area contributed by atoms with Crippen molar-refractivity contribution in [3.8, 4) is 0 Å². The minimum Gasteiger partial charge on any atom is -0.348 e. The van der Waals surface area contributed by atoms with Gasteiger partial charge in [-0.2, -0.15) is 0 Å². The van der Waals surface area contributed by atoms with Crippen LogP contribution in [0.15, 0.2) is 35.4 Å². The Kier molecular flexibility index (Phi) is 3.18. The summed E-state index contributed by atoms with van der Waals surface area (Å²) in [5, 5.41) is 2.83. The fraction of sp³-hybridized carbons (Fsp3) is 0.250. The highest BCUT2D eigenvalue weighted by atomic mass is 16.1. The van der Waals surface area contributed by atoms with E-state index in [0.717, 1.165) is 35.3 Å². The number of rotatable bonds is 4. The molecular weight excluding hydrogens is 294 g/mol. The van der Waals surface area contributed by atoms with Gasteiger partial charge in [0.05, 0.1) is 16.6 Å². The maximum atomic E-state index is 12.1. The topological polar surface area (TPSA) is 104 Å². The number of hydrogen-bond donors (Lipinski definition) is 3. The van der Waals surface area contributed by atoms with Crippen molar-refractivity contribution in [2.45, 2.75) is 25.3 Å². The molecule has 0 radical (unpaired) electrons. The van der Waals surface area contributed by atoms with Gasteiger partial charge in [0, 0.05) is 24.9 Å². The first kappa shape index (κ1) is 13.7. The summed E-state index contributed by atoms with van der Waals surface area (Å²) in [6, 6.07) is 5.50. The Morgan fingerprint density at radius 2 is 1.91 bits per heavy atom. The molecule has 1 aliphatic carbocycles. The quantitative estimate of drug-likeness (QED) is 0.678. The number of aromatic nitrogens is 4. The second kappa shape index (κ2) is 5.35. The summed E-state index contributed by atoms with van der Waals surface area (Å²) in [6.07, 6.45) is 5.41. The number of nitrogens with one attached hydrogen (secondary N) is 3. The Balaban J connectivity index is 1.44. The van der Waals surface area contributed by atoms with Crippen molar-refractivity contribution in [2.24, 2.45) is 0 Å². The Hall–Kier alpha value is -2.96. The molecule has 2 aromatic heterocycles. The van der Waals surface area contributed by atoms with E-state index in [4.69, 9.17) is 0 Å². The lowest BCUT2D eigenvalue weighted by Gasteiger charge is -2.05. The number of fused-ring (bicyclic) bond motifs is 1. The monoisotopic (exact) mass is 309 g/mol. The molecule has 1 saturated carbocycles. The van der Waals surface area contributed by atoms with Crippen LogP contribution in [-0.4, -0.2) is 25.8 Å². The van der Waals surface area contributed by atoms with Crippen LogP contribution >= 0.6 is 0 Å². The largest absolute Gasteiger partial charge is 0.348 e. The minimum atomic E-state index is -0.242. The van der Waals surface area contributed by atoms with Crippen LogP contribution in [0.2, 0.25) is 0 Å². The van der Waals surface area contributed by atoms with Gasteiger partial charge in [0.25, 0.3) is 5.91 Å². The first-order valence-electron chi connectivity index (χ1n) is 7.50. The van der Waals surface area contributed by atoms with Crippen molar-refractivity contribution in [3.05, 3.63) is 58.0 Å². The smallest absolute Gasteiger partial charge is 0.323 e. The summed E-state index contributed by atoms with van der Waals surface area (Å²) in [6.45, 7) is 0.367. The second-order valence-electron chi connectivity index (χ2n) is 5.75. The van der Waals surface area contributed by atoms with Gasteiger partial charge in [0.1, 0.15) is 5.82 Å². The van der Waals surface area contributed by atoms with Crippen molar-refractivity contribution in [3.63, 3.8) is 0 Å². The average molecular weight is 309 g/mol. The van der Waals surface area contributed by atoms with Gasteiger partial charge in [-0.05, 0) is 30.5 Å². The number of carbonyl (C=O) groups is 1. The molecule has 4 rings (SSSR count). The zero-order chi connectivity index (χ0) is 15.8.